The Kier molecular flexibility index (Phi) is 14.8. The molecule has 0 bridgehead atoms. The summed E-state index contributed by atoms with van der Waals surface area (Å²) in [6.45, 7) is 7.76. The molecule has 0 aromatic rings. The second-order valence-corrected chi connectivity index (χ2v) is 4.70. The first kappa shape index (κ1) is 21.8. The second kappa shape index (κ2) is 15.7. The maximum absolute atomic E-state index is 12.1. The monoisotopic (exact) mass is 334 g/mol. The lowest BCUT2D eigenvalue weighted by Crippen LogP contribution is -2.39. The predicted molar refractivity (Wildman–Crippen MR) is 85.0 cm³/mol. The number of amides is 2. The van der Waals surface area contributed by atoms with Crippen LogP contribution in [0.3, 0.4) is 0 Å². The summed E-state index contributed by atoms with van der Waals surface area (Å²) in [6.07, 6.45) is 0.596. The van der Waals surface area contributed by atoms with Crippen molar-refractivity contribution in [3.63, 3.8) is 0 Å². The summed E-state index contributed by atoms with van der Waals surface area (Å²) >= 11 is 0. The molecule has 0 aliphatic rings. The lowest BCUT2D eigenvalue weighted by atomic mass is 10.4. The number of nitrogens with two attached hydrogens (primary N) is 1. The zero-order chi connectivity index (χ0) is 17.3. The molecule has 136 valence electrons. The van der Waals surface area contributed by atoms with Gasteiger partial charge in [-0.3, -0.25) is 9.59 Å². The SMILES string of the molecule is CCOCCN(CCOCC)C(=O)COCCCOCC(N)=O. The van der Waals surface area contributed by atoms with Crippen molar-refractivity contribution in [2.45, 2.75) is 20.3 Å². The number of carbonyl (C=O) groups excluding carboxylic acids is 2. The summed E-state index contributed by atoms with van der Waals surface area (Å²) in [7, 11) is 0. The van der Waals surface area contributed by atoms with Crippen LogP contribution in [0, 0.1) is 0 Å². The van der Waals surface area contributed by atoms with Crippen molar-refractivity contribution < 1.29 is 28.5 Å². The van der Waals surface area contributed by atoms with Gasteiger partial charge in [-0.2, -0.15) is 0 Å². The fourth-order valence-electron chi connectivity index (χ4n) is 1.69. The Hall–Kier alpha value is -1.22. The van der Waals surface area contributed by atoms with Gasteiger partial charge in [-0.15, -0.1) is 0 Å². The van der Waals surface area contributed by atoms with Crippen LogP contribution in [0.15, 0.2) is 0 Å². The van der Waals surface area contributed by atoms with E-state index in [4.69, 9.17) is 24.7 Å². The molecule has 2 N–H and O–H groups in total. The van der Waals surface area contributed by atoms with Gasteiger partial charge < -0.3 is 29.6 Å². The molecule has 0 heterocycles. The molecule has 0 rings (SSSR count). The molecule has 0 saturated carbocycles. The van der Waals surface area contributed by atoms with Crippen LogP contribution >= 0.6 is 0 Å². The topological polar surface area (TPSA) is 100 Å². The van der Waals surface area contributed by atoms with Gasteiger partial charge >= 0.3 is 0 Å². The number of carbonyl (C=O) groups is 2. The van der Waals surface area contributed by atoms with Gasteiger partial charge in [0.15, 0.2) is 0 Å². The van der Waals surface area contributed by atoms with E-state index < -0.39 is 5.91 Å². The molecule has 0 aliphatic heterocycles. The van der Waals surface area contributed by atoms with Crippen molar-refractivity contribution in [1.82, 2.24) is 4.90 Å². The molecule has 0 unspecified atom stereocenters. The molecule has 8 nitrogen and oxygen atoms in total. The van der Waals surface area contributed by atoms with Gasteiger partial charge in [0.05, 0.1) is 13.2 Å². The maximum Gasteiger partial charge on any atom is 0.248 e. The highest BCUT2D eigenvalue weighted by atomic mass is 16.5. The Balaban J connectivity index is 3.85. The second-order valence-electron chi connectivity index (χ2n) is 4.70. The van der Waals surface area contributed by atoms with Crippen molar-refractivity contribution >= 4 is 11.8 Å². The fourth-order valence-corrected chi connectivity index (χ4v) is 1.69. The van der Waals surface area contributed by atoms with Gasteiger partial charge in [-0.25, -0.2) is 0 Å². The minimum Gasteiger partial charge on any atom is -0.380 e. The van der Waals surface area contributed by atoms with Crippen molar-refractivity contribution in [1.29, 1.82) is 0 Å². The first-order valence-corrected chi connectivity index (χ1v) is 7.98. The van der Waals surface area contributed by atoms with Crippen molar-refractivity contribution in [3.05, 3.63) is 0 Å². The lowest BCUT2D eigenvalue weighted by molar-refractivity contribution is -0.137. The van der Waals surface area contributed by atoms with Gasteiger partial charge in [0, 0.05) is 39.5 Å². The van der Waals surface area contributed by atoms with Gasteiger partial charge in [-0.1, -0.05) is 0 Å². The molecular formula is C15H30N2O6. The third-order valence-electron chi connectivity index (χ3n) is 2.82. The highest BCUT2D eigenvalue weighted by molar-refractivity contribution is 5.77. The number of nitrogens with zero attached hydrogens (tertiary/aromatic N) is 1. The Morgan fingerprint density at radius 3 is 1.83 bits per heavy atom. The van der Waals surface area contributed by atoms with E-state index in [1.807, 2.05) is 13.8 Å². The average molecular weight is 334 g/mol. The van der Waals surface area contributed by atoms with E-state index in [1.54, 1.807) is 4.90 Å². The molecule has 2 amide bonds. The van der Waals surface area contributed by atoms with E-state index in [2.05, 4.69) is 0 Å². The summed E-state index contributed by atoms with van der Waals surface area (Å²) < 4.78 is 20.9. The van der Waals surface area contributed by atoms with Gasteiger partial charge in [0.25, 0.3) is 0 Å². The Morgan fingerprint density at radius 2 is 1.35 bits per heavy atom. The summed E-state index contributed by atoms with van der Waals surface area (Å²) in [6, 6.07) is 0. The Morgan fingerprint density at radius 1 is 0.826 bits per heavy atom. The Labute approximate surface area is 138 Å². The molecule has 0 aliphatic carbocycles. The minimum atomic E-state index is -0.500. The molecule has 0 radical (unpaired) electrons. The minimum absolute atomic E-state index is 0.00801. The summed E-state index contributed by atoms with van der Waals surface area (Å²) in [5, 5.41) is 0. The van der Waals surface area contributed by atoms with E-state index in [1.165, 1.54) is 0 Å². The number of primary amides is 1. The average Bonchev–Trinajstić information content (AvgIpc) is 2.52. The van der Waals surface area contributed by atoms with E-state index in [0.29, 0.717) is 59.2 Å². The maximum atomic E-state index is 12.1. The third-order valence-corrected chi connectivity index (χ3v) is 2.82. The lowest BCUT2D eigenvalue weighted by Gasteiger charge is -2.22. The van der Waals surface area contributed by atoms with E-state index >= 15 is 0 Å². The zero-order valence-corrected chi connectivity index (χ0v) is 14.3. The fraction of sp³-hybridized carbons (Fsp3) is 0.867. The molecule has 0 aromatic heterocycles. The largest absolute Gasteiger partial charge is 0.380 e. The molecular weight excluding hydrogens is 304 g/mol. The van der Waals surface area contributed by atoms with Crippen LogP contribution in [0.25, 0.3) is 0 Å². The zero-order valence-electron chi connectivity index (χ0n) is 14.3. The molecule has 0 spiro atoms. The third kappa shape index (κ3) is 14.1. The molecule has 0 aromatic carbocycles. The summed E-state index contributed by atoms with van der Waals surface area (Å²) in [5.74, 6) is -0.595. The molecule has 0 fully saturated rings. The van der Waals surface area contributed by atoms with Crippen molar-refractivity contribution in [2.24, 2.45) is 5.73 Å². The smallest absolute Gasteiger partial charge is 0.248 e. The highest BCUT2D eigenvalue weighted by Crippen LogP contribution is 1.94. The van der Waals surface area contributed by atoms with Crippen LogP contribution in [0.1, 0.15) is 20.3 Å². The molecule has 8 heteroatoms. The van der Waals surface area contributed by atoms with Crippen LogP contribution in [0.5, 0.6) is 0 Å². The van der Waals surface area contributed by atoms with Gasteiger partial charge in [-0.05, 0) is 20.3 Å². The summed E-state index contributed by atoms with van der Waals surface area (Å²) in [5.41, 5.74) is 4.94. The van der Waals surface area contributed by atoms with Crippen LogP contribution in [0.4, 0.5) is 0 Å². The molecule has 23 heavy (non-hydrogen) atoms. The molecule has 0 atom stereocenters. The van der Waals surface area contributed by atoms with Crippen LogP contribution < -0.4 is 5.73 Å². The van der Waals surface area contributed by atoms with Crippen molar-refractivity contribution in [2.75, 3.05) is 65.9 Å². The number of ether oxygens (including phenoxy) is 4. The predicted octanol–water partition coefficient (Wildman–Crippen LogP) is -0.203. The molecule has 0 saturated heterocycles. The number of rotatable bonds is 16. The quantitative estimate of drug-likeness (QED) is 0.392. The first-order chi connectivity index (χ1) is 11.1. The standard InChI is InChI=1S/C15H30N2O6/c1-3-20-10-6-17(7-11-21-4-2)15(19)13-23-9-5-8-22-12-14(16)18/h3-13H2,1-2H3,(H2,16,18). The van der Waals surface area contributed by atoms with Crippen LogP contribution in [-0.4, -0.2) is 82.7 Å². The van der Waals surface area contributed by atoms with E-state index in [9.17, 15) is 9.59 Å². The van der Waals surface area contributed by atoms with E-state index in [0.717, 1.165) is 0 Å². The van der Waals surface area contributed by atoms with Gasteiger partial charge in [0.2, 0.25) is 11.8 Å². The van der Waals surface area contributed by atoms with Crippen LogP contribution in [-0.2, 0) is 28.5 Å². The van der Waals surface area contributed by atoms with Gasteiger partial charge in [0.1, 0.15) is 13.2 Å². The van der Waals surface area contributed by atoms with Crippen molar-refractivity contribution in [3.8, 4) is 0 Å². The Bertz CT molecular complexity index is 304. The highest BCUT2D eigenvalue weighted by Gasteiger charge is 2.13. The van der Waals surface area contributed by atoms with Crippen LogP contribution in [0.2, 0.25) is 0 Å². The number of hydrogen-bond acceptors (Lipinski definition) is 6. The normalized spacial score (nSPS) is 10.7. The first-order valence-electron chi connectivity index (χ1n) is 7.98. The van der Waals surface area contributed by atoms with E-state index in [-0.39, 0.29) is 19.1 Å². The summed E-state index contributed by atoms with van der Waals surface area (Å²) in [4.78, 5) is 24.2. The number of hydrogen-bond donors (Lipinski definition) is 1.